The van der Waals surface area contributed by atoms with Crippen molar-refractivity contribution in [2.75, 3.05) is 7.11 Å². The molecular formula is C24H30N4O3. The number of aromatic nitrogens is 3. The second-order valence-corrected chi connectivity index (χ2v) is 8.36. The molecule has 2 heterocycles. The van der Waals surface area contributed by atoms with Gasteiger partial charge in [0.15, 0.2) is 0 Å². The van der Waals surface area contributed by atoms with E-state index in [0.717, 1.165) is 41.2 Å². The Morgan fingerprint density at radius 2 is 1.90 bits per heavy atom. The lowest BCUT2D eigenvalue weighted by molar-refractivity contribution is -0.121. The fourth-order valence-electron chi connectivity index (χ4n) is 4.39. The third-order valence-electron chi connectivity index (χ3n) is 6.38. The number of carbonyl (C=O) groups excluding carboxylic acids is 1. The first-order valence-electron chi connectivity index (χ1n) is 11.0. The SMILES string of the molecule is COc1ccc(-c2cc3n(C)c(C)c(CCC(=O)NC4CCCCC4)c(=O)n3n2)cc1. The summed E-state index contributed by atoms with van der Waals surface area (Å²) in [5, 5.41) is 7.70. The molecule has 7 nitrogen and oxygen atoms in total. The lowest BCUT2D eigenvalue weighted by Crippen LogP contribution is -2.36. The van der Waals surface area contributed by atoms with Crippen molar-refractivity contribution < 1.29 is 9.53 Å². The first-order valence-corrected chi connectivity index (χ1v) is 11.0. The summed E-state index contributed by atoms with van der Waals surface area (Å²) in [5.74, 6) is 0.792. The molecule has 4 rings (SSSR count). The predicted molar refractivity (Wildman–Crippen MR) is 120 cm³/mol. The van der Waals surface area contributed by atoms with Crippen LogP contribution in [0, 0.1) is 6.92 Å². The Morgan fingerprint density at radius 3 is 2.58 bits per heavy atom. The highest BCUT2D eigenvalue weighted by Gasteiger charge is 2.19. The number of rotatable bonds is 6. The molecule has 164 valence electrons. The highest BCUT2D eigenvalue weighted by molar-refractivity contribution is 5.76. The van der Waals surface area contributed by atoms with E-state index in [0.29, 0.717) is 18.4 Å². The van der Waals surface area contributed by atoms with Crippen LogP contribution >= 0.6 is 0 Å². The Morgan fingerprint density at radius 1 is 1.19 bits per heavy atom. The largest absolute Gasteiger partial charge is 0.497 e. The van der Waals surface area contributed by atoms with Crippen molar-refractivity contribution in [3.63, 3.8) is 0 Å². The van der Waals surface area contributed by atoms with Crippen LogP contribution < -0.4 is 15.6 Å². The van der Waals surface area contributed by atoms with Crippen molar-refractivity contribution in [2.24, 2.45) is 7.05 Å². The van der Waals surface area contributed by atoms with E-state index < -0.39 is 0 Å². The second-order valence-electron chi connectivity index (χ2n) is 8.36. The molecule has 1 aliphatic carbocycles. The quantitative estimate of drug-likeness (QED) is 0.661. The molecule has 31 heavy (non-hydrogen) atoms. The van der Waals surface area contributed by atoms with Crippen LogP contribution in [0.2, 0.25) is 0 Å². The van der Waals surface area contributed by atoms with Gasteiger partial charge in [-0.05, 0) is 50.5 Å². The molecule has 1 amide bonds. The molecule has 1 N–H and O–H groups in total. The average molecular weight is 423 g/mol. The molecule has 3 aromatic rings. The van der Waals surface area contributed by atoms with E-state index in [1.807, 2.05) is 48.9 Å². The van der Waals surface area contributed by atoms with Gasteiger partial charge in [-0.15, -0.1) is 0 Å². The van der Waals surface area contributed by atoms with Crippen LogP contribution in [-0.2, 0) is 18.3 Å². The van der Waals surface area contributed by atoms with Crippen LogP contribution in [0.3, 0.4) is 0 Å². The van der Waals surface area contributed by atoms with E-state index in [9.17, 15) is 9.59 Å². The summed E-state index contributed by atoms with van der Waals surface area (Å²) in [6.45, 7) is 1.93. The summed E-state index contributed by atoms with van der Waals surface area (Å²) in [4.78, 5) is 25.6. The second kappa shape index (κ2) is 8.96. The van der Waals surface area contributed by atoms with Crippen molar-refractivity contribution in [3.05, 3.63) is 51.9 Å². The molecule has 0 aliphatic heterocycles. The fourth-order valence-corrected chi connectivity index (χ4v) is 4.39. The summed E-state index contributed by atoms with van der Waals surface area (Å²) in [5.41, 5.74) is 3.71. The number of hydrogen-bond donors (Lipinski definition) is 1. The van der Waals surface area contributed by atoms with E-state index in [1.54, 1.807) is 7.11 Å². The molecule has 0 atom stereocenters. The number of hydrogen-bond acceptors (Lipinski definition) is 4. The van der Waals surface area contributed by atoms with E-state index in [1.165, 1.54) is 23.8 Å². The number of carbonyl (C=O) groups is 1. The molecule has 1 aliphatic rings. The molecule has 1 fully saturated rings. The van der Waals surface area contributed by atoms with Gasteiger partial charge in [-0.3, -0.25) is 9.59 Å². The van der Waals surface area contributed by atoms with Crippen molar-refractivity contribution in [1.82, 2.24) is 19.5 Å². The minimum Gasteiger partial charge on any atom is -0.497 e. The van der Waals surface area contributed by atoms with Crippen molar-refractivity contribution in [3.8, 4) is 17.0 Å². The minimum atomic E-state index is -0.157. The van der Waals surface area contributed by atoms with E-state index >= 15 is 0 Å². The Kier molecular flexibility index (Phi) is 6.11. The minimum absolute atomic E-state index is 0.0211. The summed E-state index contributed by atoms with van der Waals surface area (Å²) in [7, 11) is 3.55. The molecule has 0 spiro atoms. The monoisotopic (exact) mass is 422 g/mol. The summed E-state index contributed by atoms with van der Waals surface area (Å²) < 4.78 is 8.63. The van der Waals surface area contributed by atoms with E-state index in [-0.39, 0.29) is 17.5 Å². The molecule has 0 radical (unpaired) electrons. The van der Waals surface area contributed by atoms with Crippen LogP contribution in [0.25, 0.3) is 16.9 Å². The maximum Gasteiger partial charge on any atom is 0.277 e. The Hall–Kier alpha value is -3.09. The Balaban J connectivity index is 1.57. The van der Waals surface area contributed by atoms with Gasteiger partial charge in [-0.25, -0.2) is 0 Å². The number of ether oxygens (including phenoxy) is 1. The van der Waals surface area contributed by atoms with Crippen LogP contribution in [0.1, 0.15) is 49.8 Å². The topological polar surface area (TPSA) is 77.6 Å². The van der Waals surface area contributed by atoms with Gasteiger partial charge in [0.2, 0.25) is 5.91 Å². The van der Waals surface area contributed by atoms with Gasteiger partial charge in [-0.2, -0.15) is 9.61 Å². The van der Waals surface area contributed by atoms with Crippen molar-refractivity contribution in [2.45, 2.75) is 57.9 Å². The Labute approximate surface area is 182 Å². The molecule has 7 heteroatoms. The first kappa shape index (κ1) is 21.2. The van der Waals surface area contributed by atoms with Gasteiger partial charge in [0.05, 0.1) is 12.8 Å². The standard InChI is InChI=1S/C24H30N4O3/c1-16-20(13-14-22(29)25-18-7-5-4-6-8-18)24(30)28-23(27(16)2)15-21(26-28)17-9-11-19(31-3)12-10-17/h9-12,15,18H,4-8,13-14H2,1-3H3,(H,25,29). The molecule has 1 aromatic carbocycles. The fraction of sp³-hybridized carbons (Fsp3) is 0.458. The van der Waals surface area contributed by atoms with Crippen LogP contribution in [-0.4, -0.2) is 33.2 Å². The van der Waals surface area contributed by atoms with Gasteiger partial charge in [0.1, 0.15) is 11.4 Å². The molecule has 0 unspecified atom stereocenters. The van der Waals surface area contributed by atoms with E-state index in [2.05, 4.69) is 10.4 Å². The number of nitrogens with zero attached hydrogens (tertiary/aromatic N) is 3. The van der Waals surface area contributed by atoms with Crippen LogP contribution in [0.5, 0.6) is 5.75 Å². The predicted octanol–water partition coefficient (Wildman–Crippen LogP) is 3.40. The third-order valence-corrected chi connectivity index (χ3v) is 6.38. The molecule has 0 saturated heterocycles. The maximum absolute atomic E-state index is 13.2. The van der Waals surface area contributed by atoms with Gasteiger partial charge >= 0.3 is 0 Å². The molecule has 2 aromatic heterocycles. The highest BCUT2D eigenvalue weighted by atomic mass is 16.5. The van der Waals surface area contributed by atoms with Gasteiger partial charge < -0.3 is 14.6 Å². The van der Waals surface area contributed by atoms with Gasteiger partial charge in [0, 0.05) is 42.4 Å². The van der Waals surface area contributed by atoms with Gasteiger partial charge in [-0.1, -0.05) is 19.3 Å². The Bertz CT molecular complexity index is 1140. The number of amides is 1. The molecule has 1 saturated carbocycles. The van der Waals surface area contributed by atoms with Crippen LogP contribution in [0.4, 0.5) is 0 Å². The summed E-state index contributed by atoms with van der Waals surface area (Å²) >= 11 is 0. The van der Waals surface area contributed by atoms with Gasteiger partial charge in [0.25, 0.3) is 5.56 Å². The number of methoxy groups -OCH3 is 1. The van der Waals surface area contributed by atoms with Crippen molar-refractivity contribution in [1.29, 1.82) is 0 Å². The number of benzene rings is 1. The normalized spacial score (nSPS) is 14.7. The summed E-state index contributed by atoms with van der Waals surface area (Å²) in [6.07, 6.45) is 6.44. The zero-order chi connectivity index (χ0) is 22.0. The lowest BCUT2D eigenvalue weighted by atomic mass is 9.95. The lowest BCUT2D eigenvalue weighted by Gasteiger charge is -2.22. The molecular weight excluding hydrogens is 392 g/mol. The zero-order valence-electron chi connectivity index (χ0n) is 18.5. The molecule has 0 bridgehead atoms. The van der Waals surface area contributed by atoms with Crippen molar-refractivity contribution >= 4 is 11.6 Å². The smallest absolute Gasteiger partial charge is 0.277 e. The number of nitrogens with one attached hydrogen (secondary N) is 1. The first-order chi connectivity index (χ1) is 15.0. The number of aryl methyl sites for hydroxylation is 1. The third kappa shape index (κ3) is 4.36. The zero-order valence-corrected chi connectivity index (χ0v) is 18.5. The maximum atomic E-state index is 13.2. The number of fused-ring (bicyclic) bond motifs is 1. The van der Waals surface area contributed by atoms with E-state index in [4.69, 9.17) is 4.74 Å². The summed E-state index contributed by atoms with van der Waals surface area (Å²) in [6, 6.07) is 9.79. The van der Waals surface area contributed by atoms with Crippen LogP contribution in [0.15, 0.2) is 35.1 Å². The highest BCUT2D eigenvalue weighted by Crippen LogP contribution is 2.23. The average Bonchev–Trinajstić information content (AvgIpc) is 3.24.